The van der Waals surface area contributed by atoms with E-state index in [1.54, 1.807) is 31.2 Å². The fourth-order valence-corrected chi connectivity index (χ4v) is 3.16. The number of para-hydroxylation sites is 2. The van der Waals surface area contributed by atoms with Crippen molar-refractivity contribution in [3.8, 4) is 11.5 Å². The third-order valence-electron chi connectivity index (χ3n) is 3.41. The molecule has 0 saturated carbocycles. The van der Waals surface area contributed by atoms with Gasteiger partial charge in [-0.05, 0) is 43.3 Å². The van der Waals surface area contributed by atoms with Crippen molar-refractivity contribution in [1.29, 1.82) is 0 Å². The standard InChI is InChI=1S/C17H20N2O5S/c1-12(17(20)18-2)24-13-8-10-14(11-9-13)25(21,22)19-15-6-4-5-7-16(15)23-3/h4-12,19H,1-3H3,(H,18,20)/t12-/m1/s1. The van der Waals surface area contributed by atoms with Crippen LogP contribution in [-0.4, -0.2) is 34.6 Å². The minimum atomic E-state index is -3.78. The van der Waals surface area contributed by atoms with Gasteiger partial charge in [0, 0.05) is 7.05 Å². The number of benzene rings is 2. The Morgan fingerprint density at radius 3 is 2.32 bits per heavy atom. The molecule has 0 saturated heterocycles. The van der Waals surface area contributed by atoms with Gasteiger partial charge in [0.2, 0.25) is 0 Å². The van der Waals surface area contributed by atoms with E-state index in [0.29, 0.717) is 17.2 Å². The highest BCUT2D eigenvalue weighted by Gasteiger charge is 2.17. The smallest absolute Gasteiger partial charge is 0.262 e. The average Bonchev–Trinajstić information content (AvgIpc) is 2.61. The number of likely N-dealkylation sites (N-methyl/N-ethyl adjacent to an activating group) is 1. The Bertz CT molecular complexity index is 834. The zero-order chi connectivity index (χ0) is 18.4. The largest absolute Gasteiger partial charge is 0.495 e. The van der Waals surface area contributed by atoms with Gasteiger partial charge >= 0.3 is 0 Å². The maximum Gasteiger partial charge on any atom is 0.262 e. The normalized spacial score (nSPS) is 12.1. The van der Waals surface area contributed by atoms with Crippen molar-refractivity contribution in [2.75, 3.05) is 18.9 Å². The molecule has 0 unspecified atom stereocenters. The summed E-state index contributed by atoms with van der Waals surface area (Å²) in [6, 6.07) is 12.5. The molecule has 0 aliphatic carbocycles. The SMILES string of the molecule is CNC(=O)[C@@H](C)Oc1ccc(S(=O)(=O)Nc2ccccc2OC)cc1. The van der Waals surface area contributed by atoms with Crippen LogP contribution < -0.4 is 19.5 Å². The van der Waals surface area contributed by atoms with Gasteiger partial charge in [-0.25, -0.2) is 8.42 Å². The first-order valence-corrected chi connectivity index (χ1v) is 9.00. The molecule has 0 aromatic heterocycles. The van der Waals surface area contributed by atoms with Gasteiger partial charge in [0.15, 0.2) is 6.10 Å². The van der Waals surface area contributed by atoms with Crippen molar-refractivity contribution in [3.05, 3.63) is 48.5 Å². The van der Waals surface area contributed by atoms with E-state index in [1.165, 1.54) is 38.4 Å². The van der Waals surface area contributed by atoms with E-state index in [4.69, 9.17) is 9.47 Å². The molecular weight excluding hydrogens is 344 g/mol. The van der Waals surface area contributed by atoms with E-state index in [1.807, 2.05) is 0 Å². The van der Waals surface area contributed by atoms with E-state index < -0.39 is 16.1 Å². The molecule has 25 heavy (non-hydrogen) atoms. The molecule has 1 amide bonds. The molecule has 134 valence electrons. The van der Waals surface area contributed by atoms with Gasteiger partial charge in [-0.3, -0.25) is 9.52 Å². The predicted molar refractivity (Wildman–Crippen MR) is 94.4 cm³/mol. The monoisotopic (exact) mass is 364 g/mol. The molecule has 0 heterocycles. The summed E-state index contributed by atoms with van der Waals surface area (Å²) in [6.45, 7) is 1.60. The molecule has 0 spiro atoms. The fourth-order valence-electron chi connectivity index (χ4n) is 2.09. The van der Waals surface area contributed by atoms with Gasteiger partial charge in [0.1, 0.15) is 11.5 Å². The molecule has 0 aliphatic rings. The first kappa shape index (κ1) is 18.6. The second-order valence-corrected chi connectivity index (χ2v) is 6.83. The topological polar surface area (TPSA) is 93.7 Å². The number of carbonyl (C=O) groups excluding carboxylic acids is 1. The maximum absolute atomic E-state index is 12.5. The van der Waals surface area contributed by atoms with Crippen LogP contribution in [0.25, 0.3) is 0 Å². The van der Waals surface area contributed by atoms with Crippen LogP contribution in [0.2, 0.25) is 0 Å². The summed E-state index contributed by atoms with van der Waals surface area (Å²) in [5, 5.41) is 2.48. The number of carbonyl (C=O) groups is 1. The van der Waals surface area contributed by atoms with E-state index >= 15 is 0 Å². The third kappa shape index (κ3) is 4.63. The summed E-state index contributed by atoms with van der Waals surface area (Å²) >= 11 is 0. The van der Waals surface area contributed by atoms with Gasteiger partial charge in [0.25, 0.3) is 15.9 Å². The van der Waals surface area contributed by atoms with Crippen LogP contribution in [0.3, 0.4) is 0 Å². The predicted octanol–water partition coefficient (Wildman–Crippen LogP) is 2.01. The summed E-state index contributed by atoms with van der Waals surface area (Å²) in [5.74, 6) is 0.548. The molecule has 2 aromatic rings. The van der Waals surface area contributed by atoms with E-state index in [-0.39, 0.29) is 10.8 Å². The van der Waals surface area contributed by atoms with Crippen LogP contribution in [0.15, 0.2) is 53.4 Å². The Labute approximate surface area is 147 Å². The highest BCUT2D eigenvalue weighted by atomic mass is 32.2. The Morgan fingerprint density at radius 2 is 1.72 bits per heavy atom. The molecule has 0 fully saturated rings. The Kier molecular flexibility index (Phi) is 5.87. The number of rotatable bonds is 7. The van der Waals surface area contributed by atoms with Crippen LogP contribution in [0.4, 0.5) is 5.69 Å². The van der Waals surface area contributed by atoms with E-state index in [9.17, 15) is 13.2 Å². The number of ether oxygens (including phenoxy) is 2. The lowest BCUT2D eigenvalue weighted by Gasteiger charge is -2.14. The fraction of sp³-hybridized carbons (Fsp3) is 0.235. The highest BCUT2D eigenvalue weighted by molar-refractivity contribution is 7.92. The lowest BCUT2D eigenvalue weighted by Crippen LogP contribution is -2.33. The number of anilines is 1. The number of hydrogen-bond acceptors (Lipinski definition) is 5. The van der Waals surface area contributed by atoms with Gasteiger partial charge in [0.05, 0.1) is 17.7 Å². The molecule has 2 N–H and O–H groups in total. The average molecular weight is 364 g/mol. The molecule has 2 aromatic carbocycles. The van der Waals surface area contributed by atoms with Crippen molar-refractivity contribution >= 4 is 21.6 Å². The molecular formula is C17H20N2O5S. The van der Waals surface area contributed by atoms with Crippen molar-refractivity contribution in [1.82, 2.24) is 5.32 Å². The number of hydrogen-bond donors (Lipinski definition) is 2. The van der Waals surface area contributed by atoms with E-state index in [0.717, 1.165) is 0 Å². The van der Waals surface area contributed by atoms with Crippen molar-refractivity contribution < 1.29 is 22.7 Å². The molecule has 8 heteroatoms. The Morgan fingerprint density at radius 1 is 1.08 bits per heavy atom. The van der Waals surface area contributed by atoms with Crippen LogP contribution in [0.1, 0.15) is 6.92 Å². The molecule has 1 atom stereocenters. The van der Waals surface area contributed by atoms with Crippen molar-refractivity contribution in [2.24, 2.45) is 0 Å². The number of methoxy groups -OCH3 is 1. The van der Waals surface area contributed by atoms with Gasteiger partial charge in [-0.2, -0.15) is 0 Å². The Balaban J connectivity index is 2.16. The van der Waals surface area contributed by atoms with Gasteiger partial charge in [-0.15, -0.1) is 0 Å². The van der Waals surface area contributed by atoms with Gasteiger partial charge < -0.3 is 14.8 Å². The third-order valence-corrected chi connectivity index (χ3v) is 4.80. The molecule has 0 radical (unpaired) electrons. The zero-order valence-corrected chi connectivity index (χ0v) is 15.0. The zero-order valence-electron chi connectivity index (χ0n) is 14.1. The van der Waals surface area contributed by atoms with Gasteiger partial charge in [-0.1, -0.05) is 12.1 Å². The molecule has 0 bridgehead atoms. The van der Waals surface area contributed by atoms with Crippen molar-refractivity contribution in [3.63, 3.8) is 0 Å². The highest BCUT2D eigenvalue weighted by Crippen LogP contribution is 2.26. The van der Waals surface area contributed by atoms with Crippen LogP contribution in [0, 0.1) is 0 Å². The summed E-state index contributed by atoms with van der Waals surface area (Å²) in [4.78, 5) is 11.5. The molecule has 2 rings (SSSR count). The first-order chi connectivity index (χ1) is 11.9. The van der Waals surface area contributed by atoms with Crippen LogP contribution >= 0.6 is 0 Å². The Hall–Kier alpha value is -2.74. The minimum Gasteiger partial charge on any atom is -0.495 e. The maximum atomic E-state index is 12.5. The lowest BCUT2D eigenvalue weighted by molar-refractivity contribution is -0.126. The second-order valence-electron chi connectivity index (χ2n) is 5.15. The van der Waals surface area contributed by atoms with Crippen molar-refractivity contribution in [2.45, 2.75) is 17.9 Å². The number of amides is 1. The van der Waals surface area contributed by atoms with Crippen LogP contribution in [0.5, 0.6) is 11.5 Å². The number of nitrogens with one attached hydrogen (secondary N) is 2. The summed E-state index contributed by atoms with van der Waals surface area (Å²) in [5.41, 5.74) is 0.346. The summed E-state index contributed by atoms with van der Waals surface area (Å²) in [6.07, 6.45) is -0.681. The quantitative estimate of drug-likeness (QED) is 0.784. The first-order valence-electron chi connectivity index (χ1n) is 7.51. The molecule has 7 nitrogen and oxygen atoms in total. The summed E-state index contributed by atoms with van der Waals surface area (Å²) < 4.78 is 38.0. The molecule has 0 aliphatic heterocycles. The number of sulfonamides is 1. The minimum absolute atomic E-state index is 0.0679. The summed E-state index contributed by atoms with van der Waals surface area (Å²) in [7, 11) is -0.797. The van der Waals surface area contributed by atoms with Crippen LogP contribution in [-0.2, 0) is 14.8 Å². The lowest BCUT2D eigenvalue weighted by atomic mass is 10.3. The second kappa shape index (κ2) is 7.89. The van der Waals surface area contributed by atoms with E-state index in [2.05, 4.69) is 10.0 Å².